The van der Waals surface area contributed by atoms with Crippen LogP contribution in [0.1, 0.15) is 35.1 Å². The van der Waals surface area contributed by atoms with Crippen molar-refractivity contribution in [3.8, 4) is 74.7 Å². The number of pyridine rings is 2. The standard InChI is InChI=1S/C23H16BN3.C18H12N2.C16H12BBrN2.C13H10BNO2.C7H5BNO2.C5H4BrN.C4H8O/c25-15-16-10-12-17(13-11-16)19-6-1-7-20(14-19)24-26-21-8-2-4-18-5-3-9-22(27-24)23(18)21;19-13-14-7-9-15(10-8-14)16-4-3-5-17(12-16)18-6-1-2-11-20-18;18-13-7-3-6-12(10-13)17-19-14-8-1-4-11-5-2-9-15(20-17)16(11)14;15-9-10-4-6-11(7-5-10)12-2-1-3-13(8-12)14(16)17;9-5-6-1-3-7(4-2-6)11-8-10;6-5-3-1-2-4-7-5;1-2-4-5-3-1/h1-14,26-27H;1-12H;1-10,19-20H;1-8,16-17H;1-4,10H;1-4H;1-4H2. The van der Waals surface area contributed by atoms with E-state index >= 15 is 0 Å². The molecule has 21 heteroatoms. The van der Waals surface area contributed by atoms with Gasteiger partial charge in [-0.15, -0.1) is 0 Å². The molecule has 3 aliphatic heterocycles. The minimum atomic E-state index is -1.46. The largest absolute Gasteiger partial charge is 0.569 e. The van der Waals surface area contributed by atoms with Crippen molar-refractivity contribution >= 4 is 121 Å². The Morgan fingerprint density at radius 2 is 0.804 bits per heavy atom. The third-order valence-electron chi connectivity index (χ3n) is 17.1. The summed E-state index contributed by atoms with van der Waals surface area (Å²) in [5, 5.41) is 80.7. The zero-order chi connectivity index (χ0) is 74.5. The average Bonchev–Trinajstić information content (AvgIpc) is 0.905. The molecule has 12 aromatic carbocycles. The van der Waals surface area contributed by atoms with Crippen LogP contribution < -0.4 is 42.0 Å². The van der Waals surface area contributed by atoms with Crippen LogP contribution in [0.15, 0.2) is 325 Å². The molecule has 517 valence electrons. The van der Waals surface area contributed by atoms with Crippen molar-refractivity contribution < 1.29 is 24.5 Å². The topological polar surface area (TPSA) is 248 Å². The monoisotopic (exact) mass is 1520 g/mol. The smallest absolute Gasteiger partial charge is 0.537 e. The molecule has 5 heterocycles. The number of hydrogen-bond donors (Lipinski definition) is 7. The van der Waals surface area contributed by atoms with Crippen LogP contribution in [0.4, 0.5) is 22.7 Å². The molecular weight excluding hydrogens is 1460 g/mol. The SMILES string of the molecule is Brc1cccc(B2Nc3cccc4cccc(c34)N2)c1.Brc1ccccn1.C1CCOC1.N#Cc1ccc(-c2cccc(-c3ccccn3)c2)cc1.N#Cc1ccc(-c2cccc(B(O)O)c2)cc1.N#Cc1ccc(-c2cccc(B3Nc4cccc5cccc(c45)N3)c2)cc1.N#Cc1ccc(O[B]O)cc1. The van der Waals surface area contributed by atoms with Gasteiger partial charge in [-0.2, -0.15) is 21.0 Å². The molecule has 0 aliphatic carbocycles. The van der Waals surface area contributed by atoms with Crippen molar-refractivity contribution in [1.82, 2.24) is 9.97 Å². The molecule has 0 amide bonds. The van der Waals surface area contributed by atoms with E-state index in [1.165, 1.54) is 56.7 Å². The second kappa shape index (κ2) is 38.8. The Labute approximate surface area is 641 Å². The zero-order valence-electron chi connectivity index (χ0n) is 57.8. The quantitative estimate of drug-likeness (QED) is 0.0524. The average molecular weight is 1520 g/mol. The molecule has 0 atom stereocenters. The molecular formula is C86H67B4Br2N10O5. The number of hydrogen-bond acceptors (Lipinski definition) is 15. The number of nitrogens with zero attached hydrogens (tertiary/aromatic N) is 6. The first-order valence-electron chi connectivity index (χ1n) is 34.2. The number of benzene rings is 12. The highest BCUT2D eigenvalue weighted by molar-refractivity contribution is 9.10. The summed E-state index contributed by atoms with van der Waals surface area (Å²) in [7, 11) is -0.866. The minimum absolute atomic E-state index is 0.00355. The van der Waals surface area contributed by atoms with Gasteiger partial charge in [0.25, 0.3) is 0 Å². The van der Waals surface area contributed by atoms with E-state index in [1.807, 2.05) is 121 Å². The fourth-order valence-corrected chi connectivity index (χ4v) is 12.5. The van der Waals surface area contributed by atoms with Crippen LogP contribution in [-0.4, -0.2) is 67.0 Å². The molecule has 0 saturated carbocycles. The number of rotatable bonds is 9. The Morgan fingerprint density at radius 3 is 1.20 bits per heavy atom. The first-order chi connectivity index (χ1) is 52.4. The first-order valence-corrected chi connectivity index (χ1v) is 35.8. The number of halogens is 2. The summed E-state index contributed by atoms with van der Waals surface area (Å²) in [5.74, 6) is 0.506. The highest BCUT2D eigenvalue weighted by atomic mass is 79.9. The van der Waals surface area contributed by atoms with Crippen LogP contribution in [0, 0.1) is 45.3 Å². The summed E-state index contributed by atoms with van der Waals surface area (Å²) < 4.78 is 11.5. The Balaban J connectivity index is 0.000000130. The molecule has 17 rings (SSSR count). The lowest BCUT2D eigenvalue weighted by Gasteiger charge is -2.27. The fourth-order valence-electron chi connectivity index (χ4n) is 11.8. The lowest BCUT2D eigenvalue weighted by Crippen LogP contribution is -2.47. The summed E-state index contributed by atoms with van der Waals surface area (Å²) in [5.41, 5.74) is 18.4. The summed E-state index contributed by atoms with van der Waals surface area (Å²) in [6, 6.07) is 106. The predicted molar refractivity (Wildman–Crippen MR) is 442 cm³/mol. The fraction of sp³-hybridized carbons (Fsp3) is 0.0465. The molecule has 107 heavy (non-hydrogen) atoms. The van der Waals surface area contributed by atoms with Crippen molar-refractivity contribution in [3.63, 3.8) is 0 Å². The second-order valence-electron chi connectivity index (χ2n) is 24.2. The highest BCUT2D eigenvalue weighted by Crippen LogP contribution is 2.36. The third kappa shape index (κ3) is 21.3. The number of nitrogens with one attached hydrogen (secondary N) is 4. The van der Waals surface area contributed by atoms with E-state index in [0.717, 1.165) is 78.3 Å². The Kier molecular flexibility index (Phi) is 27.5. The van der Waals surface area contributed by atoms with Gasteiger partial charge in [0.2, 0.25) is 0 Å². The Bertz CT molecular complexity index is 5350. The van der Waals surface area contributed by atoms with E-state index in [4.69, 9.17) is 40.9 Å². The Morgan fingerprint density at radius 1 is 0.402 bits per heavy atom. The minimum Gasteiger partial charge on any atom is -0.537 e. The van der Waals surface area contributed by atoms with Gasteiger partial charge in [-0.1, -0.05) is 192 Å². The van der Waals surface area contributed by atoms with Gasteiger partial charge in [-0.05, 0) is 217 Å². The van der Waals surface area contributed by atoms with E-state index in [9.17, 15) is 0 Å². The molecule has 2 aromatic heterocycles. The van der Waals surface area contributed by atoms with Crippen molar-refractivity contribution in [2.75, 3.05) is 34.1 Å². The van der Waals surface area contributed by atoms with Gasteiger partial charge in [0.1, 0.15) is 10.4 Å². The van der Waals surface area contributed by atoms with Crippen LogP contribution in [0.25, 0.3) is 66.2 Å². The second-order valence-corrected chi connectivity index (χ2v) is 26.0. The molecule has 7 N–H and O–H groups in total. The maximum Gasteiger partial charge on any atom is 0.569 e. The summed E-state index contributed by atoms with van der Waals surface area (Å²) in [6.45, 7) is 2.09. The molecule has 15 nitrogen and oxygen atoms in total. The third-order valence-corrected chi connectivity index (χ3v) is 18.1. The van der Waals surface area contributed by atoms with Gasteiger partial charge in [0, 0.05) is 69.2 Å². The summed E-state index contributed by atoms with van der Waals surface area (Å²) >= 11 is 6.73. The van der Waals surface area contributed by atoms with E-state index < -0.39 is 7.12 Å². The van der Waals surface area contributed by atoms with Gasteiger partial charge in [0.05, 0.1) is 52.2 Å². The lowest BCUT2D eigenvalue weighted by molar-refractivity contribution is 0.198. The van der Waals surface area contributed by atoms with Gasteiger partial charge in [-0.25, -0.2) is 4.98 Å². The molecule has 1 saturated heterocycles. The number of nitriles is 4. The van der Waals surface area contributed by atoms with E-state index in [0.29, 0.717) is 41.2 Å². The van der Waals surface area contributed by atoms with Gasteiger partial charge in [-0.3, -0.25) is 4.98 Å². The van der Waals surface area contributed by atoms with Gasteiger partial charge >= 0.3 is 28.8 Å². The normalized spacial score (nSPS) is 11.4. The van der Waals surface area contributed by atoms with E-state index in [2.05, 4.69) is 219 Å². The molecule has 1 fully saturated rings. The first kappa shape index (κ1) is 75.6. The van der Waals surface area contributed by atoms with Gasteiger partial charge < -0.3 is 45.4 Å². The molecule has 3 aliphatic rings. The number of anilines is 4. The number of aromatic nitrogens is 2. The molecule has 0 unspecified atom stereocenters. The molecule has 1 radical (unpaired) electrons. The maximum absolute atomic E-state index is 9.09. The summed E-state index contributed by atoms with van der Waals surface area (Å²) in [4.78, 5) is 8.26. The number of ether oxygens (including phenoxy) is 1. The van der Waals surface area contributed by atoms with Crippen LogP contribution >= 0.6 is 31.9 Å². The van der Waals surface area contributed by atoms with Crippen molar-refractivity contribution in [2.45, 2.75) is 12.8 Å². The predicted octanol–water partition coefficient (Wildman–Crippen LogP) is 16.7. The van der Waals surface area contributed by atoms with E-state index in [-0.39, 0.29) is 14.0 Å². The van der Waals surface area contributed by atoms with Crippen molar-refractivity contribution in [1.29, 1.82) is 21.0 Å². The Hall–Kier alpha value is -12.5. The van der Waals surface area contributed by atoms with Crippen LogP contribution in [0.2, 0.25) is 0 Å². The summed E-state index contributed by atoms with van der Waals surface area (Å²) in [6.07, 6.45) is 6.09. The molecule has 0 bridgehead atoms. The van der Waals surface area contributed by atoms with Crippen LogP contribution in [0.5, 0.6) is 5.75 Å². The maximum atomic E-state index is 9.09. The van der Waals surface area contributed by atoms with E-state index in [1.54, 1.807) is 67.0 Å². The van der Waals surface area contributed by atoms with Crippen LogP contribution in [0.3, 0.4) is 0 Å². The van der Waals surface area contributed by atoms with Gasteiger partial charge in [0.15, 0.2) is 0 Å². The highest BCUT2D eigenvalue weighted by Gasteiger charge is 2.27. The van der Waals surface area contributed by atoms with Crippen LogP contribution in [-0.2, 0) is 4.74 Å². The van der Waals surface area contributed by atoms with Crippen molar-refractivity contribution in [2.24, 2.45) is 0 Å². The van der Waals surface area contributed by atoms with Crippen molar-refractivity contribution in [3.05, 3.63) is 347 Å². The zero-order valence-corrected chi connectivity index (χ0v) is 60.9. The molecule has 0 spiro atoms. The lowest BCUT2D eigenvalue weighted by atomic mass is 9.65. The molecule has 14 aromatic rings.